The molecule has 3 aromatic rings. The van der Waals surface area contributed by atoms with Crippen LogP contribution in [-0.4, -0.2) is 42.7 Å². The zero-order chi connectivity index (χ0) is 21.6. The van der Waals surface area contributed by atoms with Crippen LogP contribution in [0.4, 0.5) is 0 Å². The molecule has 1 aliphatic heterocycles. The molecule has 6 nitrogen and oxygen atoms in total. The Bertz CT molecular complexity index is 996. The van der Waals surface area contributed by atoms with Gasteiger partial charge in [0.15, 0.2) is 11.5 Å². The minimum atomic E-state index is -0.234. The number of likely N-dealkylation sites (tertiary alicyclic amines) is 1. The standard InChI is InChI=1S/C24H26BrN3O3/c1-30-20-11-7-17(8-12-20)22(28-13-3-2-4-14-28)16-26-24(29)21-15-23(31-27-21)18-5-9-19(25)10-6-18/h5-12,15,22H,2-4,13-14,16H2,1H3,(H,26,29)/t22-/m1/s1. The van der Waals surface area contributed by atoms with E-state index in [1.165, 1.54) is 24.8 Å². The number of carbonyl (C=O) groups excluding carboxylic acids is 1. The zero-order valence-electron chi connectivity index (χ0n) is 17.5. The summed E-state index contributed by atoms with van der Waals surface area (Å²) < 4.78 is 11.7. The molecule has 1 aromatic heterocycles. The first-order valence-corrected chi connectivity index (χ1v) is 11.3. The number of halogens is 1. The molecule has 2 heterocycles. The van der Waals surface area contributed by atoms with E-state index in [4.69, 9.17) is 9.26 Å². The fourth-order valence-electron chi connectivity index (χ4n) is 3.93. The summed E-state index contributed by atoms with van der Waals surface area (Å²) in [6.45, 7) is 2.57. The summed E-state index contributed by atoms with van der Waals surface area (Å²) in [5.74, 6) is 1.16. The average Bonchev–Trinajstić information content (AvgIpc) is 3.31. The first kappa shape index (κ1) is 21.6. The number of piperidine rings is 1. The Balaban J connectivity index is 1.46. The number of ether oxygens (including phenoxy) is 1. The summed E-state index contributed by atoms with van der Waals surface area (Å²) in [6.07, 6.45) is 3.62. The van der Waals surface area contributed by atoms with Gasteiger partial charge in [0, 0.05) is 22.6 Å². The Labute approximate surface area is 190 Å². The van der Waals surface area contributed by atoms with Gasteiger partial charge in [-0.05, 0) is 55.8 Å². The number of nitrogens with zero attached hydrogens (tertiary/aromatic N) is 2. The molecule has 0 spiro atoms. The fraction of sp³-hybridized carbons (Fsp3) is 0.333. The van der Waals surface area contributed by atoms with E-state index in [1.807, 2.05) is 36.4 Å². The number of rotatable bonds is 7. The molecule has 162 valence electrons. The Morgan fingerprint density at radius 3 is 2.52 bits per heavy atom. The Hall–Kier alpha value is -2.64. The van der Waals surface area contributed by atoms with Gasteiger partial charge in [-0.3, -0.25) is 9.69 Å². The zero-order valence-corrected chi connectivity index (χ0v) is 19.1. The normalized spacial score (nSPS) is 15.4. The van der Waals surface area contributed by atoms with Crippen LogP contribution in [0.3, 0.4) is 0 Å². The summed E-state index contributed by atoms with van der Waals surface area (Å²) in [4.78, 5) is 15.2. The number of nitrogens with one attached hydrogen (secondary N) is 1. The molecule has 1 aliphatic rings. The summed E-state index contributed by atoms with van der Waals surface area (Å²) in [5.41, 5.74) is 2.32. The monoisotopic (exact) mass is 483 g/mol. The highest BCUT2D eigenvalue weighted by Gasteiger charge is 2.24. The van der Waals surface area contributed by atoms with Crippen molar-refractivity contribution in [1.82, 2.24) is 15.4 Å². The molecule has 1 amide bonds. The molecule has 0 aliphatic carbocycles. The first-order valence-electron chi connectivity index (χ1n) is 10.5. The maximum absolute atomic E-state index is 12.8. The van der Waals surface area contributed by atoms with Crippen molar-refractivity contribution in [3.63, 3.8) is 0 Å². The number of methoxy groups -OCH3 is 1. The summed E-state index contributed by atoms with van der Waals surface area (Å²) in [7, 11) is 1.66. The number of carbonyl (C=O) groups is 1. The van der Waals surface area contributed by atoms with E-state index in [2.05, 4.69) is 43.4 Å². The predicted molar refractivity (Wildman–Crippen MR) is 123 cm³/mol. The van der Waals surface area contributed by atoms with Crippen LogP contribution < -0.4 is 10.1 Å². The molecule has 0 unspecified atom stereocenters. The highest BCUT2D eigenvalue weighted by Crippen LogP contribution is 2.26. The Morgan fingerprint density at radius 1 is 1.13 bits per heavy atom. The summed E-state index contributed by atoms with van der Waals surface area (Å²) in [6, 6.07) is 17.6. The van der Waals surface area contributed by atoms with Crippen LogP contribution in [0.2, 0.25) is 0 Å². The van der Waals surface area contributed by atoms with Crippen LogP contribution in [-0.2, 0) is 0 Å². The predicted octanol–water partition coefficient (Wildman–Crippen LogP) is 5.07. The lowest BCUT2D eigenvalue weighted by Crippen LogP contribution is -2.40. The van der Waals surface area contributed by atoms with Gasteiger partial charge in [0.25, 0.3) is 5.91 Å². The molecule has 0 bridgehead atoms. The second kappa shape index (κ2) is 10.1. The molecule has 1 atom stereocenters. The van der Waals surface area contributed by atoms with Gasteiger partial charge in [-0.15, -0.1) is 0 Å². The van der Waals surface area contributed by atoms with E-state index in [-0.39, 0.29) is 17.6 Å². The number of amides is 1. The van der Waals surface area contributed by atoms with Gasteiger partial charge in [0.2, 0.25) is 0 Å². The SMILES string of the molecule is COc1ccc([C@@H](CNC(=O)c2cc(-c3ccc(Br)cc3)on2)N2CCCCC2)cc1. The van der Waals surface area contributed by atoms with Crippen molar-refractivity contribution in [3.8, 4) is 17.1 Å². The first-order chi connectivity index (χ1) is 15.1. The topological polar surface area (TPSA) is 67.6 Å². The van der Waals surface area contributed by atoms with Crippen molar-refractivity contribution in [2.75, 3.05) is 26.7 Å². The van der Waals surface area contributed by atoms with Crippen molar-refractivity contribution in [3.05, 3.63) is 70.3 Å². The average molecular weight is 484 g/mol. The molecule has 1 saturated heterocycles. The highest BCUT2D eigenvalue weighted by atomic mass is 79.9. The van der Waals surface area contributed by atoms with Gasteiger partial charge in [-0.25, -0.2) is 0 Å². The number of benzene rings is 2. The van der Waals surface area contributed by atoms with Gasteiger partial charge < -0.3 is 14.6 Å². The maximum Gasteiger partial charge on any atom is 0.273 e. The third kappa shape index (κ3) is 5.35. The van der Waals surface area contributed by atoms with Crippen LogP contribution in [0.5, 0.6) is 5.75 Å². The number of hydrogen-bond donors (Lipinski definition) is 1. The quantitative estimate of drug-likeness (QED) is 0.507. The lowest BCUT2D eigenvalue weighted by atomic mass is 10.0. The molecule has 1 fully saturated rings. The second-order valence-electron chi connectivity index (χ2n) is 7.68. The van der Waals surface area contributed by atoms with Crippen LogP contribution in [0, 0.1) is 0 Å². The van der Waals surface area contributed by atoms with E-state index in [1.54, 1.807) is 13.2 Å². The van der Waals surface area contributed by atoms with Crippen LogP contribution in [0.15, 0.2) is 63.6 Å². The highest BCUT2D eigenvalue weighted by molar-refractivity contribution is 9.10. The smallest absolute Gasteiger partial charge is 0.273 e. The molecule has 7 heteroatoms. The summed E-state index contributed by atoms with van der Waals surface area (Å²) >= 11 is 3.42. The molecule has 1 N–H and O–H groups in total. The minimum absolute atomic E-state index is 0.105. The van der Waals surface area contributed by atoms with Gasteiger partial charge >= 0.3 is 0 Å². The van der Waals surface area contributed by atoms with Gasteiger partial charge in [0.05, 0.1) is 13.2 Å². The van der Waals surface area contributed by atoms with Gasteiger partial charge in [-0.1, -0.05) is 51.8 Å². The number of aromatic nitrogens is 1. The van der Waals surface area contributed by atoms with Gasteiger partial charge in [-0.2, -0.15) is 0 Å². The van der Waals surface area contributed by atoms with Crippen molar-refractivity contribution in [2.45, 2.75) is 25.3 Å². The van der Waals surface area contributed by atoms with Crippen molar-refractivity contribution in [2.24, 2.45) is 0 Å². The molecule has 0 saturated carbocycles. The summed E-state index contributed by atoms with van der Waals surface area (Å²) in [5, 5.41) is 7.03. The van der Waals surface area contributed by atoms with Crippen molar-refractivity contribution >= 4 is 21.8 Å². The third-order valence-electron chi connectivity index (χ3n) is 5.66. The van der Waals surface area contributed by atoms with Gasteiger partial charge in [0.1, 0.15) is 5.75 Å². The van der Waals surface area contributed by atoms with E-state index in [0.717, 1.165) is 28.9 Å². The Kier molecular flexibility index (Phi) is 7.04. The second-order valence-corrected chi connectivity index (χ2v) is 8.59. The fourth-order valence-corrected chi connectivity index (χ4v) is 4.19. The lowest BCUT2D eigenvalue weighted by molar-refractivity contribution is 0.0915. The molecular weight excluding hydrogens is 458 g/mol. The third-order valence-corrected chi connectivity index (χ3v) is 6.19. The largest absolute Gasteiger partial charge is 0.497 e. The van der Waals surface area contributed by atoms with Crippen molar-refractivity contribution < 1.29 is 14.1 Å². The number of hydrogen-bond acceptors (Lipinski definition) is 5. The molecule has 0 radical (unpaired) electrons. The molecule has 4 rings (SSSR count). The van der Waals surface area contributed by atoms with Crippen LogP contribution in [0.1, 0.15) is 41.4 Å². The van der Waals surface area contributed by atoms with Crippen LogP contribution >= 0.6 is 15.9 Å². The molecular formula is C24H26BrN3O3. The van der Waals surface area contributed by atoms with E-state index in [0.29, 0.717) is 12.3 Å². The van der Waals surface area contributed by atoms with E-state index >= 15 is 0 Å². The minimum Gasteiger partial charge on any atom is -0.497 e. The maximum atomic E-state index is 12.8. The molecule has 2 aromatic carbocycles. The lowest BCUT2D eigenvalue weighted by Gasteiger charge is -2.35. The van der Waals surface area contributed by atoms with Crippen molar-refractivity contribution in [1.29, 1.82) is 0 Å². The van der Waals surface area contributed by atoms with E-state index in [9.17, 15) is 4.79 Å². The Morgan fingerprint density at radius 2 is 1.84 bits per heavy atom. The van der Waals surface area contributed by atoms with E-state index < -0.39 is 0 Å². The van der Waals surface area contributed by atoms with Crippen LogP contribution in [0.25, 0.3) is 11.3 Å². The molecule has 31 heavy (non-hydrogen) atoms.